The van der Waals surface area contributed by atoms with Crippen LogP contribution in [-0.4, -0.2) is 55.5 Å². The lowest BCUT2D eigenvalue weighted by molar-refractivity contribution is 0.0827. The van der Waals surface area contributed by atoms with Crippen LogP contribution in [0.3, 0.4) is 0 Å². The minimum atomic E-state index is -0.158. The molecular formula is C22H31N3O3. The van der Waals surface area contributed by atoms with Gasteiger partial charge in [0.05, 0.1) is 12.8 Å². The predicted molar refractivity (Wildman–Crippen MR) is 111 cm³/mol. The van der Waals surface area contributed by atoms with Gasteiger partial charge in [0.25, 0.3) is 5.91 Å². The number of fused-ring (bicyclic) bond motifs is 2. The quantitative estimate of drug-likeness (QED) is 0.757. The summed E-state index contributed by atoms with van der Waals surface area (Å²) in [6.45, 7) is 4.81. The van der Waals surface area contributed by atoms with E-state index < -0.39 is 0 Å². The van der Waals surface area contributed by atoms with Crippen molar-refractivity contribution in [2.24, 2.45) is 17.8 Å². The number of allylic oxidation sites excluding steroid dienone is 2. The number of benzene rings is 1. The van der Waals surface area contributed by atoms with E-state index in [1.807, 2.05) is 18.7 Å². The second-order valence-electron chi connectivity index (χ2n) is 8.33. The molecule has 1 fully saturated rings. The number of methoxy groups -OCH3 is 1. The zero-order chi connectivity index (χ0) is 20.4. The molecule has 1 aromatic rings. The smallest absolute Gasteiger partial charge is 0.322 e. The third-order valence-electron chi connectivity index (χ3n) is 5.83. The minimum absolute atomic E-state index is 0.0840. The molecule has 6 nitrogen and oxygen atoms in total. The zero-order valence-electron chi connectivity index (χ0n) is 17.4. The standard InChI is InChI=1S/C22H31N3O3/c1-14(2)25(13-18-11-15-6-7-16(18)10-15)22(27)23-19-12-17(21(26)24(3)4)8-9-20(19)28-5/h6-9,12,14-16,18H,10-11,13H2,1-5H3,(H,23,27). The van der Waals surface area contributed by atoms with Crippen molar-refractivity contribution in [3.63, 3.8) is 0 Å². The number of hydrogen-bond donors (Lipinski definition) is 1. The summed E-state index contributed by atoms with van der Waals surface area (Å²) >= 11 is 0. The molecule has 3 unspecified atom stereocenters. The Kier molecular flexibility index (Phi) is 5.96. The van der Waals surface area contributed by atoms with Crippen LogP contribution in [-0.2, 0) is 0 Å². The number of anilines is 1. The Morgan fingerprint density at radius 3 is 2.50 bits per heavy atom. The van der Waals surface area contributed by atoms with Crippen LogP contribution in [0.5, 0.6) is 5.75 Å². The van der Waals surface area contributed by atoms with Gasteiger partial charge in [0.15, 0.2) is 0 Å². The summed E-state index contributed by atoms with van der Waals surface area (Å²) in [5.74, 6) is 2.21. The Hall–Kier alpha value is -2.50. The Bertz CT molecular complexity index is 772. The lowest BCUT2D eigenvalue weighted by Gasteiger charge is -2.32. The third-order valence-corrected chi connectivity index (χ3v) is 5.83. The van der Waals surface area contributed by atoms with Crippen LogP contribution in [0.15, 0.2) is 30.4 Å². The number of rotatable bonds is 6. The number of hydrogen-bond acceptors (Lipinski definition) is 3. The molecule has 2 aliphatic carbocycles. The van der Waals surface area contributed by atoms with Crippen molar-refractivity contribution in [2.75, 3.05) is 33.1 Å². The molecule has 3 amide bonds. The summed E-state index contributed by atoms with van der Waals surface area (Å²) in [7, 11) is 4.96. The van der Waals surface area contributed by atoms with Crippen molar-refractivity contribution in [3.05, 3.63) is 35.9 Å². The van der Waals surface area contributed by atoms with Crippen molar-refractivity contribution >= 4 is 17.6 Å². The molecule has 1 saturated carbocycles. The number of amides is 3. The summed E-state index contributed by atoms with van der Waals surface area (Å²) in [4.78, 5) is 28.8. The van der Waals surface area contributed by atoms with Gasteiger partial charge in [0.2, 0.25) is 0 Å². The molecule has 0 radical (unpaired) electrons. The van der Waals surface area contributed by atoms with E-state index in [4.69, 9.17) is 4.74 Å². The number of urea groups is 1. The fourth-order valence-corrected chi connectivity index (χ4v) is 4.27. The largest absolute Gasteiger partial charge is 0.495 e. The van der Waals surface area contributed by atoms with Gasteiger partial charge in [0, 0.05) is 32.2 Å². The first-order chi connectivity index (χ1) is 13.3. The average Bonchev–Trinajstić information content (AvgIpc) is 3.28. The summed E-state index contributed by atoms with van der Waals surface area (Å²) in [5, 5.41) is 2.97. The molecule has 2 aliphatic rings. The van der Waals surface area contributed by atoms with Crippen LogP contribution in [0.4, 0.5) is 10.5 Å². The Labute approximate surface area is 167 Å². The first-order valence-electron chi connectivity index (χ1n) is 9.95. The highest BCUT2D eigenvalue weighted by Gasteiger charge is 2.37. The van der Waals surface area contributed by atoms with Crippen molar-refractivity contribution < 1.29 is 14.3 Å². The van der Waals surface area contributed by atoms with E-state index in [2.05, 4.69) is 17.5 Å². The van der Waals surface area contributed by atoms with Crippen LogP contribution >= 0.6 is 0 Å². The summed E-state index contributed by atoms with van der Waals surface area (Å²) < 4.78 is 5.39. The third kappa shape index (κ3) is 4.16. The van der Waals surface area contributed by atoms with Crippen molar-refractivity contribution in [3.8, 4) is 5.75 Å². The molecule has 28 heavy (non-hydrogen) atoms. The highest BCUT2D eigenvalue weighted by Crippen LogP contribution is 2.43. The van der Waals surface area contributed by atoms with E-state index in [1.165, 1.54) is 11.3 Å². The highest BCUT2D eigenvalue weighted by molar-refractivity contribution is 5.97. The number of carbonyl (C=O) groups is 2. The maximum Gasteiger partial charge on any atom is 0.322 e. The van der Waals surface area contributed by atoms with E-state index in [0.29, 0.717) is 34.8 Å². The maximum absolute atomic E-state index is 13.1. The van der Waals surface area contributed by atoms with Crippen LogP contribution in [0.1, 0.15) is 37.0 Å². The zero-order valence-corrected chi connectivity index (χ0v) is 17.4. The molecule has 0 saturated heterocycles. The monoisotopic (exact) mass is 385 g/mol. The molecule has 0 heterocycles. The molecule has 1 N–H and O–H groups in total. The van der Waals surface area contributed by atoms with E-state index in [9.17, 15) is 9.59 Å². The van der Waals surface area contributed by atoms with Crippen molar-refractivity contribution in [1.82, 2.24) is 9.80 Å². The molecule has 0 spiro atoms. The van der Waals surface area contributed by atoms with E-state index in [-0.39, 0.29) is 18.0 Å². The van der Waals surface area contributed by atoms with Crippen molar-refractivity contribution in [1.29, 1.82) is 0 Å². The lowest BCUT2D eigenvalue weighted by Crippen LogP contribution is -2.43. The minimum Gasteiger partial charge on any atom is -0.495 e. The van der Waals surface area contributed by atoms with Gasteiger partial charge in [-0.3, -0.25) is 4.79 Å². The Morgan fingerprint density at radius 2 is 1.96 bits per heavy atom. The second-order valence-corrected chi connectivity index (χ2v) is 8.33. The van der Waals surface area contributed by atoms with Crippen LogP contribution < -0.4 is 10.1 Å². The topological polar surface area (TPSA) is 61.9 Å². The fourth-order valence-electron chi connectivity index (χ4n) is 4.27. The normalized spacial score (nSPS) is 22.4. The maximum atomic E-state index is 13.1. The van der Waals surface area contributed by atoms with E-state index >= 15 is 0 Å². The summed E-state index contributed by atoms with van der Waals surface area (Å²) in [5.41, 5.74) is 1.02. The Balaban J connectivity index is 1.76. The predicted octanol–water partition coefficient (Wildman–Crippen LogP) is 3.85. The van der Waals surface area contributed by atoms with Gasteiger partial charge in [-0.1, -0.05) is 12.2 Å². The first-order valence-corrected chi connectivity index (χ1v) is 9.95. The fraction of sp³-hybridized carbons (Fsp3) is 0.545. The van der Waals surface area contributed by atoms with Crippen LogP contribution in [0.25, 0.3) is 0 Å². The van der Waals surface area contributed by atoms with E-state index in [0.717, 1.165) is 13.0 Å². The average molecular weight is 386 g/mol. The molecule has 0 aromatic heterocycles. The lowest BCUT2D eigenvalue weighted by atomic mass is 9.93. The molecule has 6 heteroatoms. The molecular weight excluding hydrogens is 354 g/mol. The molecule has 152 valence electrons. The first kappa shape index (κ1) is 20.2. The Morgan fingerprint density at radius 1 is 1.21 bits per heavy atom. The SMILES string of the molecule is COc1ccc(C(=O)N(C)C)cc1NC(=O)N(CC1CC2C=CC1C2)C(C)C. The molecule has 3 atom stereocenters. The number of carbonyl (C=O) groups excluding carboxylic acids is 2. The van der Waals surface area contributed by atoms with Gasteiger partial charge in [-0.15, -0.1) is 0 Å². The molecule has 2 bridgehead atoms. The summed E-state index contributed by atoms with van der Waals surface area (Å²) in [6, 6.07) is 5.03. The van der Waals surface area contributed by atoms with Gasteiger partial charge in [-0.2, -0.15) is 0 Å². The summed E-state index contributed by atoms with van der Waals surface area (Å²) in [6.07, 6.45) is 7.02. The van der Waals surface area contributed by atoms with Crippen molar-refractivity contribution in [2.45, 2.75) is 32.7 Å². The van der Waals surface area contributed by atoms with Crippen LogP contribution in [0.2, 0.25) is 0 Å². The van der Waals surface area contributed by atoms with E-state index in [1.54, 1.807) is 39.4 Å². The number of ether oxygens (including phenoxy) is 1. The van der Waals surface area contributed by atoms with Gasteiger partial charge in [-0.05, 0) is 62.6 Å². The van der Waals surface area contributed by atoms with Gasteiger partial charge < -0.3 is 19.9 Å². The van der Waals surface area contributed by atoms with Gasteiger partial charge in [-0.25, -0.2) is 4.79 Å². The number of nitrogens with one attached hydrogen (secondary N) is 1. The molecule has 0 aliphatic heterocycles. The highest BCUT2D eigenvalue weighted by atomic mass is 16.5. The number of nitrogens with zero attached hydrogens (tertiary/aromatic N) is 2. The van der Waals surface area contributed by atoms with Crippen LogP contribution in [0, 0.1) is 17.8 Å². The second kappa shape index (κ2) is 8.25. The molecule has 1 aromatic carbocycles. The van der Waals surface area contributed by atoms with Gasteiger partial charge >= 0.3 is 6.03 Å². The molecule has 3 rings (SSSR count). The van der Waals surface area contributed by atoms with Gasteiger partial charge in [0.1, 0.15) is 5.75 Å².